The molecule has 0 spiro atoms. The van der Waals surface area contributed by atoms with Crippen LogP contribution in [-0.4, -0.2) is 42.9 Å². The summed E-state index contributed by atoms with van der Waals surface area (Å²) >= 11 is 1.62. The fraction of sp³-hybridized carbons (Fsp3) is 0.571. The first-order chi connectivity index (χ1) is 9.38. The van der Waals surface area contributed by atoms with Gasteiger partial charge in [0.05, 0.1) is 11.5 Å². The van der Waals surface area contributed by atoms with Crippen LogP contribution in [0.2, 0.25) is 0 Å². The summed E-state index contributed by atoms with van der Waals surface area (Å²) in [6.07, 6.45) is 2.73. The van der Waals surface area contributed by atoms with Gasteiger partial charge in [-0.25, -0.2) is 8.42 Å². The van der Waals surface area contributed by atoms with Crippen molar-refractivity contribution in [2.45, 2.75) is 37.8 Å². The largest absolute Gasteiger partial charge is 0.392 e. The third-order valence-corrected chi connectivity index (χ3v) is 6.22. The SMILES string of the molecule is CCc1ccc(S(=O)(=O)N(C)C(C)CSC)cc1CO. The maximum atomic E-state index is 12.6. The van der Waals surface area contributed by atoms with Gasteiger partial charge in [-0.3, -0.25) is 0 Å². The topological polar surface area (TPSA) is 57.6 Å². The summed E-state index contributed by atoms with van der Waals surface area (Å²) in [6.45, 7) is 3.73. The molecule has 1 rings (SSSR count). The molecule has 0 amide bonds. The molecule has 0 fully saturated rings. The minimum absolute atomic E-state index is 0.0709. The zero-order chi connectivity index (χ0) is 15.3. The number of aliphatic hydroxyl groups excluding tert-OH is 1. The lowest BCUT2D eigenvalue weighted by Crippen LogP contribution is -2.36. The predicted molar refractivity (Wildman–Crippen MR) is 84.5 cm³/mol. The zero-order valence-electron chi connectivity index (χ0n) is 12.5. The Bertz CT molecular complexity index is 543. The highest BCUT2D eigenvalue weighted by Gasteiger charge is 2.25. The quantitative estimate of drug-likeness (QED) is 0.837. The van der Waals surface area contributed by atoms with E-state index < -0.39 is 10.0 Å². The van der Waals surface area contributed by atoms with Gasteiger partial charge < -0.3 is 5.11 Å². The van der Waals surface area contributed by atoms with Gasteiger partial charge in [0, 0.05) is 18.8 Å². The van der Waals surface area contributed by atoms with Gasteiger partial charge in [-0.1, -0.05) is 13.0 Å². The summed E-state index contributed by atoms with van der Waals surface area (Å²) in [5, 5.41) is 9.36. The Morgan fingerprint density at radius 1 is 1.35 bits per heavy atom. The predicted octanol–water partition coefficient (Wildman–Crippen LogP) is 2.11. The van der Waals surface area contributed by atoms with E-state index in [1.165, 1.54) is 4.31 Å². The minimum atomic E-state index is -3.51. The van der Waals surface area contributed by atoms with Gasteiger partial charge in [0.15, 0.2) is 0 Å². The molecule has 1 unspecified atom stereocenters. The van der Waals surface area contributed by atoms with Gasteiger partial charge in [0.1, 0.15) is 0 Å². The minimum Gasteiger partial charge on any atom is -0.392 e. The van der Waals surface area contributed by atoms with Gasteiger partial charge in [0.25, 0.3) is 0 Å². The van der Waals surface area contributed by atoms with Crippen molar-refractivity contribution in [2.24, 2.45) is 0 Å². The number of hydrogen-bond acceptors (Lipinski definition) is 4. The molecule has 0 aliphatic carbocycles. The fourth-order valence-electron chi connectivity index (χ4n) is 2.00. The smallest absolute Gasteiger partial charge is 0.243 e. The van der Waals surface area contributed by atoms with Crippen molar-refractivity contribution in [3.8, 4) is 0 Å². The van der Waals surface area contributed by atoms with Crippen molar-refractivity contribution in [2.75, 3.05) is 19.1 Å². The molecule has 1 aromatic carbocycles. The lowest BCUT2D eigenvalue weighted by Gasteiger charge is -2.24. The molecule has 114 valence electrons. The van der Waals surface area contributed by atoms with Crippen molar-refractivity contribution < 1.29 is 13.5 Å². The Hall–Kier alpha value is -0.560. The summed E-state index contributed by atoms with van der Waals surface area (Å²) < 4.78 is 26.5. The van der Waals surface area contributed by atoms with Crippen molar-refractivity contribution in [1.82, 2.24) is 4.31 Å². The van der Waals surface area contributed by atoms with Gasteiger partial charge in [-0.2, -0.15) is 16.1 Å². The van der Waals surface area contributed by atoms with Crippen LogP contribution in [0.5, 0.6) is 0 Å². The van der Waals surface area contributed by atoms with E-state index in [4.69, 9.17) is 0 Å². The highest BCUT2D eigenvalue weighted by Crippen LogP contribution is 2.21. The number of aryl methyl sites for hydroxylation is 1. The first-order valence-electron chi connectivity index (χ1n) is 6.58. The molecule has 1 N–H and O–H groups in total. The molecule has 4 nitrogen and oxygen atoms in total. The second-order valence-electron chi connectivity index (χ2n) is 4.77. The normalized spacial score (nSPS) is 13.7. The Balaban J connectivity index is 3.15. The second-order valence-corrected chi connectivity index (χ2v) is 7.68. The van der Waals surface area contributed by atoms with Crippen LogP contribution in [0.25, 0.3) is 0 Å². The highest BCUT2D eigenvalue weighted by molar-refractivity contribution is 7.98. The molecule has 0 saturated carbocycles. The number of aliphatic hydroxyl groups is 1. The van der Waals surface area contributed by atoms with Crippen LogP contribution >= 0.6 is 11.8 Å². The molecule has 1 aromatic rings. The maximum Gasteiger partial charge on any atom is 0.243 e. The molecular formula is C14H23NO3S2. The lowest BCUT2D eigenvalue weighted by molar-refractivity contribution is 0.280. The summed E-state index contributed by atoms with van der Waals surface area (Å²) in [5.41, 5.74) is 1.66. The monoisotopic (exact) mass is 317 g/mol. The third-order valence-electron chi connectivity index (χ3n) is 3.43. The molecule has 0 aliphatic rings. The van der Waals surface area contributed by atoms with Crippen LogP contribution in [0.4, 0.5) is 0 Å². The van der Waals surface area contributed by atoms with Crippen LogP contribution in [-0.2, 0) is 23.1 Å². The van der Waals surface area contributed by atoms with E-state index in [-0.39, 0.29) is 17.5 Å². The highest BCUT2D eigenvalue weighted by atomic mass is 32.2. The Morgan fingerprint density at radius 2 is 2.00 bits per heavy atom. The standard InChI is InChI=1S/C14H23NO3S2/c1-5-12-6-7-14(8-13(12)9-16)20(17,18)15(3)11(2)10-19-4/h6-8,11,16H,5,9-10H2,1-4H3. The molecule has 1 atom stereocenters. The van der Waals surface area contributed by atoms with Crippen molar-refractivity contribution in [1.29, 1.82) is 0 Å². The van der Waals surface area contributed by atoms with E-state index in [2.05, 4.69) is 0 Å². The number of hydrogen-bond donors (Lipinski definition) is 1. The molecule has 6 heteroatoms. The Labute approximate surface area is 126 Å². The second kappa shape index (κ2) is 7.45. The van der Waals surface area contributed by atoms with Crippen molar-refractivity contribution in [3.63, 3.8) is 0 Å². The van der Waals surface area contributed by atoms with E-state index in [1.54, 1.807) is 37.0 Å². The first kappa shape index (κ1) is 17.5. The van der Waals surface area contributed by atoms with Crippen LogP contribution in [0, 0.1) is 0 Å². The Morgan fingerprint density at radius 3 is 2.50 bits per heavy atom. The van der Waals surface area contributed by atoms with E-state index >= 15 is 0 Å². The average molecular weight is 317 g/mol. The fourth-order valence-corrected chi connectivity index (χ4v) is 4.22. The number of sulfonamides is 1. The van der Waals surface area contributed by atoms with Crippen LogP contribution in [0.1, 0.15) is 25.0 Å². The molecule has 0 bridgehead atoms. The summed E-state index contributed by atoms with van der Waals surface area (Å²) in [5.74, 6) is 0.746. The third kappa shape index (κ3) is 3.75. The average Bonchev–Trinajstić information content (AvgIpc) is 2.45. The van der Waals surface area contributed by atoms with Gasteiger partial charge in [0.2, 0.25) is 10.0 Å². The van der Waals surface area contributed by atoms with E-state index in [0.717, 1.165) is 17.7 Å². The lowest BCUT2D eigenvalue weighted by atomic mass is 10.1. The molecule has 20 heavy (non-hydrogen) atoms. The van der Waals surface area contributed by atoms with Crippen molar-refractivity contribution >= 4 is 21.8 Å². The molecule has 0 heterocycles. The number of benzene rings is 1. The Kier molecular flexibility index (Phi) is 6.51. The maximum absolute atomic E-state index is 12.6. The first-order valence-corrected chi connectivity index (χ1v) is 9.41. The number of thioether (sulfide) groups is 1. The summed E-state index contributed by atoms with van der Waals surface area (Å²) in [4.78, 5) is 0.245. The van der Waals surface area contributed by atoms with E-state index in [0.29, 0.717) is 5.56 Å². The van der Waals surface area contributed by atoms with Crippen LogP contribution < -0.4 is 0 Å². The van der Waals surface area contributed by atoms with E-state index in [9.17, 15) is 13.5 Å². The molecule has 0 radical (unpaired) electrons. The van der Waals surface area contributed by atoms with Crippen molar-refractivity contribution in [3.05, 3.63) is 29.3 Å². The summed E-state index contributed by atoms with van der Waals surface area (Å²) in [7, 11) is -1.91. The number of rotatable bonds is 7. The van der Waals surface area contributed by atoms with Gasteiger partial charge >= 0.3 is 0 Å². The molecular weight excluding hydrogens is 294 g/mol. The number of nitrogens with zero attached hydrogens (tertiary/aromatic N) is 1. The molecule has 0 saturated heterocycles. The van der Waals surface area contributed by atoms with E-state index in [1.807, 2.05) is 20.1 Å². The van der Waals surface area contributed by atoms with Gasteiger partial charge in [-0.05, 0) is 42.9 Å². The zero-order valence-corrected chi connectivity index (χ0v) is 14.1. The van der Waals surface area contributed by atoms with Crippen LogP contribution in [0.3, 0.4) is 0 Å². The molecule has 0 aromatic heterocycles. The van der Waals surface area contributed by atoms with Gasteiger partial charge in [-0.15, -0.1) is 0 Å². The molecule has 0 aliphatic heterocycles. The van der Waals surface area contributed by atoms with Crippen LogP contribution in [0.15, 0.2) is 23.1 Å². The summed E-state index contributed by atoms with van der Waals surface area (Å²) in [6, 6.07) is 4.91.